The van der Waals surface area contributed by atoms with Gasteiger partial charge >= 0.3 is 0 Å². The fourth-order valence-electron chi connectivity index (χ4n) is 2.82. The summed E-state index contributed by atoms with van der Waals surface area (Å²) in [7, 11) is 2.07. The van der Waals surface area contributed by atoms with Crippen LogP contribution in [0.1, 0.15) is 38.5 Å². The van der Waals surface area contributed by atoms with Gasteiger partial charge in [-0.1, -0.05) is 47.7 Å². The van der Waals surface area contributed by atoms with Crippen molar-refractivity contribution in [1.82, 2.24) is 4.90 Å². The van der Waals surface area contributed by atoms with Gasteiger partial charge in [0, 0.05) is 16.2 Å². The summed E-state index contributed by atoms with van der Waals surface area (Å²) in [5.74, 6) is 0.0647. The first-order valence-corrected chi connectivity index (χ1v) is 8.20. The number of carbonyl (C=O) groups is 1. The first-order chi connectivity index (χ1) is 9.65. The van der Waals surface area contributed by atoms with E-state index >= 15 is 0 Å². The van der Waals surface area contributed by atoms with Gasteiger partial charge in [0.05, 0.1) is 6.54 Å². The predicted molar refractivity (Wildman–Crippen MR) is 86.9 cm³/mol. The second kappa shape index (κ2) is 7.79. The van der Waals surface area contributed by atoms with Crippen LogP contribution in [0.2, 0.25) is 0 Å². The molecular weight excluding hydrogens is 316 g/mol. The SMILES string of the molecule is CN(CC(=O)Nc1cccc(Br)c1)C1CCCCCC1. The molecule has 0 saturated heterocycles. The van der Waals surface area contributed by atoms with Crippen LogP contribution in [0.15, 0.2) is 28.7 Å². The van der Waals surface area contributed by atoms with Crippen LogP contribution in [0.25, 0.3) is 0 Å². The third-order valence-electron chi connectivity index (χ3n) is 3.95. The number of nitrogens with zero attached hydrogens (tertiary/aromatic N) is 1. The Hall–Kier alpha value is -0.870. The average molecular weight is 339 g/mol. The van der Waals surface area contributed by atoms with Crippen LogP contribution < -0.4 is 5.32 Å². The zero-order chi connectivity index (χ0) is 14.4. The Morgan fingerprint density at radius 2 is 2.00 bits per heavy atom. The van der Waals surface area contributed by atoms with E-state index in [9.17, 15) is 4.79 Å². The molecule has 0 atom stereocenters. The van der Waals surface area contributed by atoms with E-state index in [2.05, 4.69) is 33.2 Å². The number of likely N-dealkylation sites (N-methyl/N-ethyl adjacent to an activating group) is 1. The molecule has 1 aliphatic rings. The lowest BCUT2D eigenvalue weighted by Crippen LogP contribution is -2.37. The first kappa shape index (κ1) is 15.5. The van der Waals surface area contributed by atoms with Gasteiger partial charge in [0.15, 0.2) is 0 Å². The van der Waals surface area contributed by atoms with E-state index in [-0.39, 0.29) is 5.91 Å². The molecule has 1 aromatic rings. The molecule has 20 heavy (non-hydrogen) atoms. The van der Waals surface area contributed by atoms with Gasteiger partial charge in [0.25, 0.3) is 0 Å². The minimum atomic E-state index is 0.0647. The van der Waals surface area contributed by atoms with Crippen molar-refractivity contribution in [1.29, 1.82) is 0 Å². The molecule has 1 fully saturated rings. The van der Waals surface area contributed by atoms with Gasteiger partial charge < -0.3 is 5.32 Å². The zero-order valence-electron chi connectivity index (χ0n) is 12.1. The Morgan fingerprint density at radius 3 is 2.65 bits per heavy atom. The van der Waals surface area contributed by atoms with E-state index in [0.29, 0.717) is 12.6 Å². The molecule has 1 saturated carbocycles. The molecule has 110 valence electrons. The fourth-order valence-corrected chi connectivity index (χ4v) is 3.22. The predicted octanol–water partition coefficient (Wildman–Crippen LogP) is 4.04. The lowest BCUT2D eigenvalue weighted by Gasteiger charge is -2.26. The van der Waals surface area contributed by atoms with Crippen molar-refractivity contribution >= 4 is 27.5 Å². The third-order valence-corrected chi connectivity index (χ3v) is 4.44. The molecule has 0 unspecified atom stereocenters. The van der Waals surface area contributed by atoms with E-state index in [1.807, 2.05) is 24.3 Å². The summed E-state index contributed by atoms with van der Waals surface area (Å²) in [4.78, 5) is 14.3. The minimum Gasteiger partial charge on any atom is -0.325 e. The maximum absolute atomic E-state index is 12.1. The molecule has 1 aliphatic carbocycles. The Kier molecular flexibility index (Phi) is 6.05. The molecule has 0 aromatic heterocycles. The molecule has 4 heteroatoms. The summed E-state index contributed by atoms with van der Waals surface area (Å²) in [6.45, 7) is 0.469. The smallest absolute Gasteiger partial charge is 0.238 e. The summed E-state index contributed by atoms with van der Waals surface area (Å²) in [5.41, 5.74) is 0.846. The molecule has 1 N–H and O–H groups in total. The number of anilines is 1. The number of benzene rings is 1. The Bertz CT molecular complexity index is 442. The quantitative estimate of drug-likeness (QED) is 0.840. The van der Waals surface area contributed by atoms with Gasteiger partial charge in [0.2, 0.25) is 5.91 Å². The molecule has 0 heterocycles. The van der Waals surface area contributed by atoms with Crippen molar-refractivity contribution in [3.63, 3.8) is 0 Å². The van der Waals surface area contributed by atoms with E-state index in [4.69, 9.17) is 0 Å². The Labute approximate surface area is 129 Å². The first-order valence-electron chi connectivity index (χ1n) is 7.41. The summed E-state index contributed by atoms with van der Waals surface area (Å²) >= 11 is 3.41. The average Bonchev–Trinajstić information content (AvgIpc) is 2.67. The highest BCUT2D eigenvalue weighted by Gasteiger charge is 2.18. The number of rotatable bonds is 4. The minimum absolute atomic E-state index is 0.0647. The van der Waals surface area contributed by atoms with Gasteiger partial charge in [-0.05, 0) is 38.1 Å². The number of hydrogen-bond acceptors (Lipinski definition) is 2. The van der Waals surface area contributed by atoms with E-state index in [1.165, 1.54) is 38.5 Å². The van der Waals surface area contributed by atoms with Crippen LogP contribution in [0.4, 0.5) is 5.69 Å². The zero-order valence-corrected chi connectivity index (χ0v) is 13.7. The molecule has 2 rings (SSSR count). The maximum atomic E-state index is 12.1. The van der Waals surface area contributed by atoms with Crippen molar-refractivity contribution < 1.29 is 4.79 Å². The molecule has 0 bridgehead atoms. The summed E-state index contributed by atoms with van der Waals surface area (Å²) in [5, 5.41) is 2.96. The standard InChI is InChI=1S/C16H23BrN2O/c1-19(15-9-4-2-3-5-10-15)12-16(20)18-14-8-6-7-13(17)11-14/h6-8,11,15H,2-5,9-10,12H2,1H3,(H,18,20). The summed E-state index contributed by atoms with van der Waals surface area (Å²) in [6.07, 6.45) is 7.72. The fraction of sp³-hybridized carbons (Fsp3) is 0.562. The van der Waals surface area contributed by atoms with Gasteiger partial charge in [-0.25, -0.2) is 0 Å². The van der Waals surface area contributed by atoms with Crippen molar-refractivity contribution in [3.8, 4) is 0 Å². The highest BCUT2D eigenvalue weighted by molar-refractivity contribution is 9.10. The molecule has 0 radical (unpaired) electrons. The van der Waals surface area contributed by atoms with E-state index < -0.39 is 0 Å². The largest absolute Gasteiger partial charge is 0.325 e. The second-order valence-electron chi connectivity index (χ2n) is 5.62. The van der Waals surface area contributed by atoms with Gasteiger partial charge in [-0.15, -0.1) is 0 Å². The number of halogens is 1. The van der Waals surface area contributed by atoms with Crippen LogP contribution in [0.5, 0.6) is 0 Å². The monoisotopic (exact) mass is 338 g/mol. The van der Waals surface area contributed by atoms with Gasteiger partial charge in [0.1, 0.15) is 0 Å². The molecule has 0 aliphatic heterocycles. The van der Waals surface area contributed by atoms with Crippen molar-refractivity contribution in [2.24, 2.45) is 0 Å². The van der Waals surface area contributed by atoms with Gasteiger partial charge in [-0.2, -0.15) is 0 Å². The lowest BCUT2D eigenvalue weighted by atomic mass is 10.1. The van der Waals surface area contributed by atoms with Crippen LogP contribution >= 0.6 is 15.9 Å². The number of amides is 1. The normalized spacial score (nSPS) is 16.9. The van der Waals surface area contributed by atoms with Gasteiger partial charge in [-0.3, -0.25) is 9.69 Å². The summed E-state index contributed by atoms with van der Waals surface area (Å²) in [6, 6.07) is 8.27. The number of carbonyl (C=O) groups excluding carboxylic acids is 1. The van der Waals surface area contributed by atoms with Crippen LogP contribution in [-0.2, 0) is 4.79 Å². The molecule has 1 aromatic carbocycles. The van der Waals surface area contributed by atoms with Crippen LogP contribution in [0, 0.1) is 0 Å². The molecule has 3 nitrogen and oxygen atoms in total. The number of nitrogens with one attached hydrogen (secondary N) is 1. The summed E-state index contributed by atoms with van der Waals surface area (Å²) < 4.78 is 0.979. The highest BCUT2D eigenvalue weighted by Crippen LogP contribution is 2.21. The number of hydrogen-bond donors (Lipinski definition) is 1. The van der Waals surface area contributed by atoms with E-state index in [0.717, 1.165) is 10.2 Å². The molecular formula is C16H23BrN2O. The van der Waals surface area contributed by atoms with Crippen LogP contribution in [-0.4, -0.2) is 30.4 Å². The molecule has 1 amide bonds. The van der Waals surface area contributed by atoms with Crippen molar-refractivity contribution in [2.45, 2.75) is 44.6 Å². The maximum Gasteiger partial charge on any atom is 0.238 e. The third kappa shape index (κ3) is 4.91. The van der Waals surface area contributed by atoms with Crippen LogP contribution in [0.3, 0.4) is 0 Å². The van der Waals surface area contributed by atoms with Crippen molar-refractivity contribution in [3.05, 3.63) is 28.7 Å². The van der Waals surface area contributed by atoms with Crippen molar-refractivity contribution in [2.75, 3.05) is 18.9 Å². The van der Waals surface area contributed by atoms with E-state index in [1.54, 1.807) is 0 Å². The topological polar surface area (TPSA) is 32.3 Å². The lowest BCUT2D eigenvalue weighted by molar-refractivity contribution is -0.117. The molecule has 0 spiro atoms. The highest BCUT2D eigenvalue weighted by atomic mass is 79.9. The Balaban J connectivity index is 1.84. The second-order valence-corrected chi connectivity index (χ2v) is 6.53. The Morgan fingerprint density at radius 1 is 1.30 bits per heavy atom.